The normalized spacial score (nSPS) is 9.56. The number of hydrogen-bond donors (Lipinski definition) is 0. The van der Waals surface area contributed by atoms with Crippen LogP contribution in [0.3, 0.4) is 0 Å². The Bertz CT molecular complexity index is 196. The molecule has 0 saturated carbocycles. The van der Waals surface area contributed by atoms with Crippen LogP contribution in [0.15, 0.2) is 6.20 Å². The largest absolute Gasteiger partial charge is 0.254 e. The quantitative estimate of drug-likeness (QED) is 0.557. The Hall–Kier alpha value is -0.920. The molecule has 1 radical (unpaired) electrons. The minimum Gasteiger partial charge on any atom is -0.254 e. The zero-order valence-corrected chi connectivity index (χ0v) is 5.68. The number of rotatable bonds is 1. The average molecular weight is 121 g/mol. The van der Waals surface area contributed by atoms with Crippen molar-refractivity contribution in [2.24, 2.45) is 0 Å². The van der Waals surface area contributed by atoms with Crippen LogP contribution in [0.25, 0.3) is 0 Å². The summed E-state index contributed by atoms with van der Waals surface area (Å²) in [6.07, 6.45) is 5.42. The zero-order chi connectivity index (χ0) is 6.69. The number of hydrogen-bond acceptors (Lipinski definition) is 2. The molecule has 0 aliphatic rings. The maximum Gasteiger partial charge on any atom is 0.112 e. The highest BCUT2D eigenvalue weighted by molar-refractivity contribution is 4.99. The van der Waals surface area contributed by atoms with E-state index in [9.17, 15) is 0 Å². The summed E-state index contributed by atoms with van der Waals surface area (Å²) in [7, 11) is 0. The molecule has 0 aromatic carbocycles. The van der Waals surface area contributed by atoms with Crippen molar-refractivity contribution < 1.29 is 0 Å². The SMILES string of the molecule is CCc1[c]ncc(C)n1. The summed E-state index contributed by atoms with van der Waals surface area (Å²) >= 11 is 0. The van der Waals surface area contributed by atoms with Crippen LogP contribution in [0.5, 0.6) is 0 Å². The fourth-order valence-corrected chi connectivity index (χ4v) is 0.625. The van der Waals surface area contributed by atoms with Gasteiger partial charge in [-0.3, -0.25) is 9.97 Å². The van der Waals surface area contributed by atoms with Gasteiger partial charge in [-0.05, 0) is 13.3 Å². The van der Waals surface area contributed by atoms with E-state index < -0.39 is 0 Å². The van der Waals surface area contributed by atoms with E-state index in [4.69, 9.17) is 0 Å². The molecule has 0 fully saturated rings. The lowest BCUT2D eigenvalue weighted by molar-refractivity contribution is 0.961. The van der Waals surface area contributed by atoms with Gasteiger partial charge in [-0.1, -0.05) is 6.92 Å². The lowest BCUT2D eigenvalue weighted by Crippen LogP contribution is -1.90. The first-order valence-electron chi connectivity index (χ1n) is 3.03. The van der Waals surface area contributed by atoms with Crippen LogP contribution in [-0.2, 0) is 6.42 Å². The lowest BCUT2D eigenvalue weighted by Gasteiger charge is -1.92. The summed E-state index contributed by atoms with van der Waals surface area (Å²) < 4.78 is 0. The number of nitrogens with zero attached hydrogens (tertiary/aromatic N) is 2. The van der Waals surface area contributed by atoms with Crippen LogP contribution >= 0.6 is 0 Å². The second-order valence-corrected chi connectivity index (χ2v) is 1.92. The molecule has 0 saturated heterocycles. The van der Waals surface area contributed by atoms with Crippen molar-refractivity contribution in [3.63, 3.8) is 0 Å². The second kappa shape index (κ2) is 2.58. The first-order valence-corrected chi connectivity index (χ1v) is 3.03. The van der Waals surface area contributed by atoms with Gasteiger partial charge in [0.2, 0.25) is 0 Å². The van der Waals surface area contributed by atoms with E-state index in [-0.39, 0.29) is 0 Å². The highest BCUT2D eigenvalue weighted by atomic mass is 14.8. The van der Waals surface area contributed by atoms with Gasteiger partial charge in [0, 0.05) is 6.20 Å². The summed E-state index contributed by atoms with van der Waals surface area (Å²) in [4.78, 5) is 8.04. The summed E-state index contributed by atoms with van der Waals surface area (Å²) in [6.45, 7) is 3.97. The first kappa shape index (κ1) is 6.20. The number of aryl methyl sites for hydroxylation is 2. The molecule has 0 unspecified atom stereocenters. The molecular formula is C7H9N2. The average Bonchev–Trinajstić information content (AvgIpc) is 1.88. The van der Waals surface area contributed by atoms with E-state index in [1.807, 2.05) is 13.8 Å². The minimum absolute atomic E-state index is 0.911. The molecule has 47 valence electrons. The van der Waals surface area contributed by atoms with Crippen molar-refractivity contribution in [3.8, 4) is 0 Å². The molecule has 0 spiro atoms. The predicted octanol–water partition coefficient (Wildman–Crippen LogP) is 1.15. The molecule has 0 amide bonds. The molecule has 0 atom stereocenters. The number of aromatic nitrogens is 2. The summed E-state index contributed by atoms with van der Waals surface area (Å²) in [5, 5.41) is 0. The molecule has 0 aliphatic heterocycles. The fourth-order valence-electron chi connectivity index (χ4n) is 0.625. The Morgan fingerprint density at radius 1 is 1.67 bits per heavy atom. The Kier molecular flexibility index (Phi) is 1.78. The molecule has 1 heterocycles. The van der Waals surface area contributed by atoms with Gasteiger partial charge in [0.1, 0.15) is 6.20 Å². The maximum atomic E-state index is 4.17. The van der Waals surface area contributed by atoms with Gasteiger partial charge in [0.15, 0.2) is 0 Å². The monoisotopic (exact) mass is 121 g/mol. The summed E-state index contributed by atoms with van der Waals surface area (Å²) in [5.41, 5.74) is 1.90. The maximum absolute atomic E-state index is 4.17. The van der Waals surface area contributed by atoms with E-state index in [1.54, 1.807) is 6.20 Å². The van der Waals surface area contributed by atoms with Crippen LogP contribution in [0.4, 0.5) is 0 Å². The lowest BCUT2D eigenvalue weighted by atomic mass is 10.3. The third-order valence-corrected chi connectivity index (χ3v) is 1.09. The molecule has 1 aromatic heterocycles. The molecule has 1 rings (SSSR count). The van der Waals surface area contributed by atoms with Gasteiger partial charge in [-0.2, -0.15) is 0 Å². The Morgan fingerprint density at radius 2 is 2.44 bits per heavy atom. The van der Waals surface area contributed by atoms with Crippen LogP contribution in [0.1, 0.15) is 18.3 Å². The topological polar surface area (TPSA) is 25.8 Å². The van der Waals surface area contributed by atoms with Gasteiger partial charge < -0.3 is 0 Å². The standard InChI is InChI=1S/C7H9N2/c1-3-7-5-8-4-6(2)9-7/h4H,3H2,1-2H3. The van der Waals surface area contributed by atoms with E-state index in [0.29, 0.717) is 0 Å². The fraction of sp³-hybridized carbons (Fsp3) is 0.429. The molecule has 9 heavy (non-hydrogen) atoms. The van der Waals surface area contributed by atoms with Crippen molar-refractivity contribution in [1.82, 2.24) is 9.97 Å². The highest BCUT2D eigenvalue weighted by Crippen LogP contribution is 1.92. The third-order valence-electron chi connectivity index (χ3n) is 1.09. The second-order valence-electron chi connectivity index (χ2n) is 1.92. The predicted molar refractivity (Wildman–Crippen MR) is 35.0 cm³/mol. The first-order chi connectivity index (χ1) is 4.33. The van der Waals surface area contributed by atoms with Gasteiger partial charge in [0.05, 0.1) is 11.4 Å². The van der Waals surface area contributed by atoms with E-state index in [0.717, 1.165) is 17.8 Å². The van der Waals surface area contributed by atoms with Gasteiger partial charge in [-0.15, -0.1) is 0 Å². The van der Waals surface area contributed by atoms with Crippen LogP contribution in [0, 0.1) is 13.1 Å². The summed E-state index contributed by atoms with van der Waals surface area (Å²) in [6, 6.07) is 0. The Balaban J connectivity index is 2.94. The molecule has 0 bridgehead atoms. The van der Waals surface area contributed by atoms with E-state index in [2.05, 4.69) is 16.2 Å². The Morgan fingerprint density at radius 3 is 2.89 bits per heavy atom. The molecule has 0 aliphatic carbocycles. The van der Waals surface area contributed by atoms with E-state index >= 15 is 0 Å². The minimum atomic E-state index is 0.911. The zero-order valence-electron chi connectivity index (χ0n) is 5.68. The van der Waals surface area contributed by atoms with Gasteiger partial charge in [0.25, 0.3) is 0 Å². The molecule has 2 nitrogen and oxygen atoms in total. The van der Waals surface area contributed by atoms with Crippen molar-refractivity contribution in [2.75, 3.05) is 0 Å². The van der Waals surface area contributed by atoms with Crippen LogP contribution in [0.2, 0.25) is 0 Å². The van der Waals surface area contributed by atoms with Crippen molar-refractivity contribution >= 4 is 0 Å². The molecule has 1 aromatic rings. The third kappa shape index (κ3) is 1.49. The van der Waals surface area contributed by atoms with Crippen LogP contribution < -0.4 is 0 Å². The van der Waals surface area contributed by atoms with Crippen molar-refractivity contribution in [2.45, 2.75) is 20.3 Å². The van der Waals surface area contributed by atoms with Gasteiger partial charge >= 0.3 is 0 Å². The Labute approximate surface area is 55.0 Å². The molecule has 0 N–H and O–H groups in total. The molecular weight excluding hydrogens is 112 g/mol. The van der Waals surface area contributed by atoms with Crippen molar-refractivity contribution in [3.05, 3.63) is 23.8 Å². The van der Waals surface area contributed by atoms with Gasteiger partial charge in [-0.25, -0.2) is 0 Å². The summed E-state index contributed by atoms with van der Waals surface area (Å²) in [5.74, 6) is 0. The highest BCUT2D eigenvalue weighted by Gasteiger charge is 1.89. The molecule has 2 heteroatoms. The smallest absolute Gasteiger partial charge is 0.112 e. The van der Waals surface area contributed by atoms with E-state index in [1.165, 1.54) is 0 Å². The van der Waals surface area contributed by atoms with Crippen LogP contribution in [-0.4, -0.2) is 9.97 Å². The van der Waals surface area contributed by atoms with Crippen molar-refractivity contribution in [1.29, 1.82) is 0 Å².